The van der Waals surface area contributed by atoms with E-state index in [4.69, 9.17) is 4.42 Å². The van der Waals surface area contributed by atoms with Crippen molar-refractivity contribution in [2.24, 2.45) is 5.92 Å². The first kappa shape index (κ1) is 16.9. The highest BCUT2D eigenvalue weighted by atomic mass is 19.4. The van der Waals surface area contributed by atoms with E-state index in [0.717, 1.165) is 0 Å². The Morgan fingerprint density at radius 2 is 2.23 bits per heavy atom. The Hall–Kier alpha value is -1.50. The van der Waals surface area contributed by atoms with Gasteiger partial charge in [-0.25, -0.2) is 0 Å². The number of rotatable bonds is 5. The van der Waals surface area contributed by atoms with Crippen molar-refractivity contribution in [3.05, 3.63) is 24.2 Å². The minimum absolute atomic E-state index is 0.0410. The number of carbonyl (C=O) groups excluding carboxylic acids is 1. The van der Waals surface area contributed by atoms with Crippen molar-refractivity contribution < 1.29 is 22.4 Å². The maximum absolute atomic E-state index is 12.8. The number of hydrogen-bond donors (Lipinski definition) is 2. The fourth-order valence-corrected chi connectivity index (χ4v) is 2.81. The first-order chi connectivity index (χ1) is 10.4. The zero-order chi connectivity index (χ0) is 16.2. The molecule has 124 valence electrons. The molecule has 1 aliphatic rings. The standard InChI is InChI=1S/C15H21F3N2O2/c1-10(14(21)19-9-13-6-3-7-22-13)20-12-5-2-4-11(8-12)15(16,17)18/h3,6-7,10-12,20H,2,4-5,8-9H2,1H3,(H,19,21)/t10-,11+,12-/m0/s1. The number of halogens is 3. The van der Waals surface area contributed by atoms with Gasteiger partial charge in [-0.3, -0.25) is 4.79 Å². The van der Waals surface area contributed by atoms with Gasteiger partial charge in [0.2, 0.25) is 5.91 Å². The quantitative estimate of drug-likeness (QED) is 0.877. The lowest BCUT2D eigenvalue weighted by Gasteiger charge is -2.32. The van der Waals surface area contributed by atoms with E-state index in [1.807, 2.05) is 0 Å². The van der Waals surface area contributed by atoms with Crippen molar-refractivity contribution >= 4 is 5.91 Å². The first-order valence-corrected chi connectivity index (χ1v) is 7.49. The molecule has 0 saturated heterocycles. The topological polar surface area (TPSA) is 54.3 Å². The molecule has 1 fully saturated rings. The fourth-order valence-electron chi connectivity index (χ4n) is 2.81. The molecule has 0 radical (unpaired) electrons. The molecule has 2 rings (SSSR count). The number of alkyl halides is 3. The van der Waals surface area contributed by atoms with Crippen molar-refractivity contribution in [2.45, 2.75) is 57.4 Å². The second-order valence-corrected chi connectivity index (χ2v) is 5.79. The van der Waals surface area contributed by atoms with Crippen LogP contribution in [-0.2, 0) is 11.3 Å². The summed E-state index contributed by atoms with van der Waals surface area (Å²) in [5.74, 6) is -0.877. The average molecular weight is 318 g/mol. The van der Waals surface area contributed by atoms with Gasteiger partial charge >= 0.3 is 6.18 Å². The highest BCUT2D eigenvalue weighted by Gasteiger charge is 2.42. The van der Waals surface area contributed by atoms with Crippen molar-refractivity contribution in [2.75, 3.05) is 0 Å². The molecule has 0 bridgehead atoms. The largest absolute Gasteiger partial charge is 0.467 e. The predicted octanol–water partition coefficient (Wildman–Crippen LogP) is 3.00. The van der Waals surface area contributed by atoms with Gasteiger partial charge in [0.15, 0.2) is 0 Å². The van der Waals surface area contributed by atoms with Crippen LogP contribution in [0.5, 0.6) is 0 Å². The van der Waals surface area contributed by atoms with Gasteiger partial charge < -0.3 is 15.1 Å². The second-order valence-electron chi connectivity index (χ2n) is 5.79. The van der Waals surface area contributed by atoms with Crippen molar-refractivity contribution in [1.82, 2.24) is 10.6 Å². The highest BCUT2D eigenvalue weighted by molar-refractivity contribution is 5.81. The minimum Gasteiger partial charge on any atom is -0.467 e. The molecule has 1 aliphatic carbocycles. The first-order valence-electron chi connectivity index (χ1n) is 7.49. The summed E-state index contributed by atoms with van der Waals surface area (Å²) >= 11 is 0. The van der Waals surface area contributed by atoms with Gasteiger partial charge in [0.25, 0.3) is 0 Å². The van der Waals surface area contributed by atoms with Gasteiger partial charge in [0.05, 0.1) is 24.8 Å². The molecule has 22 heavy (non-hydrogen) atoms. The lowest BCUT2D eigenvalue weighted by atomic mass is 9.85. The van der Waals surface area contributed by atoms with Crippen LogP contribution in [0.4, 0.5) is 13.2 Å². The summed E-state index contributed by atoms with van der Waals surface area (Å²) in [5, 5.41) is 5.71. The lowest BCUT2D eigenvalue weighted by molar-refractivity contribution is -0.183. The summed E-state index contributed by atoms with van der Waals surface area (Å²) in [6.45, 7) is 1.93. The summed E-state index contributed by atoms with van der Waals surface area (Å²) in [7, 11) is 0. The molecule has 0 spiro atoms. The number of carbonyl (C=O) groups is 1. The molecular weight excluding hydrogens is 297 g/mol. The zero-order valence-corrected chi connectivity index (χ0v) is 12.5. The monoisotopic (exact) mass is 318 g/mol. The molecule has 2 N–H and O–H groups in total. The van der Waals surface area contributed by atoms with Crippen molar-refractivity contribution in [3.8, 4) is 0 Å². The Bertz CT molecular complexity index is 474. The van der Waals surface area contributed by atoms with Crippen LogP contribution in [0, 0.1) is 5.92 Å². The van der Waals surface area contributed by atoms with E-state index in [1.54, 1.807) is 19.1 Å². The van der Waals surface area contributed by atoms with Crippen LogP contribution >= 0.6 is 0 Å². The SMILES string of the molecule is C[C@H](N[C@H]1CCC[C@@H](C(F)(F)F)C1)C(=O)NCc1ccco1. The Balaban J connectivity index is 1.78. The summed E-state index contributed by atoms with van der Waals surface area (Å²) < 4.78 is 43.4. The van der Waals surface area contributed by atoms with E-state index in [-0.39, 0.29) is 31.3 Å². The third-order valence-electron chi connectivity index (χ3n) is 4.03. The Morgan fingerprint density at radius 3 is 2.86 bits per heavy atom. The summed E-state index contributed by atoms with van der Waals surface area (Å²) in [4.78, 5) is 12.0. The third-order valence-corrected chi connectivity index (χ3v) is 4.03. The Morgan fingerprint density at radius 1 is 1.45 bits per heavy atom. The normalized spacial score (nSPS) is 24.0. The lowest BCUT2D eigenvalue weighted by Crippen LogP contribution is -2.48. The molecule has 0 unspecified atom stereocenters. The minimum atomic E-state index is -4.15. The number of hydrogen-bond acceptors (Lipinski definition) is 3. The zero-order valence-electron chi connectivity index (χ0n) is 12.5. The van der Waals surface area contributed by atoms with Gasteiger partial charge in [-0.2, -0.15) is 13.2 Å². The molecular formula is C15H21F3N2O2. The Labute approximate surface area is 127 Å². The van der Waals surface area contributed by atoms with Gasteiger partial charge in [-0.15, -0.1) is 0 Å². The van der Waals surface area contributed by atoms with E-state index < -0.39 is 18.1 Å². The fraction of sp³-hybridized carbons (Fsp3) is 0.667. The van der Waals surface area contributed by atoms with Crippen LogP contribution in [0.1, 0.15) is 38.4 Å². The molecule has 3 atom stereocenters. The summed E-state index contributed by atoms with van der Waals surface area (Å²) in [6, 6.07) is 2.66. The van der Waals surface area contributed by atoms with E-state index in [0.29, 0.717) is 18.6 Å². The number of nitrogens with one attached hydrogen (secondary N) is 2. The number of amides is 1. The van der Waals surface area contributed by atoms with Gasteiger partial charge in [-0.05, 0) is 38.3 Å². The molecule has 1 saturated carbocycles. The number of furan rings is 1. The second kappa shape index (κ2) is 7.17. The maximum atomic E-state index is 12.8. The van der Waals surface area contributed by atoms with Crippen LogP contribution in [0.2, 0.25) is 0 Å². The molecule has 4 nitrogen and oxygen atoms in total. The van der Waals surface area contributed by atoms with E-state index in [9.17, 15) is 18.0 Å². The molecule has 0 aromatic carbocycles. The van der Waals surface area contributed by atoms with Crippen LogP contribution in [0.15, 0.2) is 22.8 Å². The van der Waals surface area contributed by atoms with Gasteiger partial charge in [0.1, 0.15) is 5.76 Å². The van der Waals surface area contributed by atoms with E-state index >= 15 is 0 Å². The molecule has 1 amide bonds. The molecule has 1 aromatic heterocycles. The molecule has 1 heterocycles. The van der Waals surface area contributed by atoms with Crippen LogP contribution in [-0.4, -0.2) is 24.2 Å². The van der Waals surface area contributed by atoms with E-state index in [1.165, 1.54) is 6.26 Å². The molecule has 0 aliphatic heterocycles. The summed E-state index contributed by atoms with van der Waals surface area (Å²) in [5.41, 5.74) is 0. The molecule has 7 heteroatoms. The van der Waals surface area contributed by atoms with Crippen LogP contribution in [0.25, 0.3) is 0 Å². The van der Waals surface area contributed by atoms with Gasteiger partial charge in [0, 0.05) is 6.04 Å². The smallest absolute Gasteiger partial charge is 0.391 e. The highest BCUT2D eigenvalue weighted by Crippen LogP contribution is 2.37. The third kappa shape index (κ3) is 4.76. The van der Waals surface area contributed by atoms with E-state index in [2.05, 4.69) is 10.6 Å². The van der Waals surface area contributed by atoms with Crippen molar-refractivity contribution in [3.63, 3.8) is 0 Å². The van der Waals surface area contributed by atoms with Crippen molar-refractivity contribution in [1.29, 1.82) is 0 Å². The summed E-state index contributed by atoms with van der Waals surface area (Å²) in [6.07, 6.45) is -1.21. The van der Waals surface area contributed by atoms with Gasteiger partial charge in [-0.1, -0.05) is 6.42 Å². The van der Waals surface area contributed by atoms with Crippen LogP contribution in [0.3, 0.4) is 0 Å². The average Bonchev–Trinajstić information content (AvgIpc) is 2.97. The maximum Gasteiger partial charge on any atom is 0.391 e. The predicted molar refractivity (Wildman–Crippen MR) is 75.0 cm³/mol. The Kier molecular flexibility index (Phi) is 5.50. The molecule has 1 aromatic rings. The van der Waals surface area contributed by atoms with Crippen LogP contribution < -0.4 is 10.6 Å².